The van der Waals surface area contributed by atoms with Crippen molar-refractivity contribution in [1.29, 1.82) is 5.26 Å². The maximum absolute atomic E-state index is 8.82. The number of hydrogen-bond donors (Lipinski definition) is 0. The molecule has 1 aromatic carbocycles. The van der Waals surface area contributed by atoms with E-state index in [0.717, 1.165) is 15.8 Å². The quantitative estimate of drug-likeness (QED) is 0.773. The normalized spacial score (nSPS) is 14.9. The van der Waals surface area contributed by atoms with E-state index < -0.39 is 0 Å². The molecule has 0 saturated heterocycles. The lowest BCUT2D eigenvalue weighted by molar-refractivity contribution is 0.174. The van der Waals surface area contributed by atoms with Crippen LogP contribution in [0, 0.1) is 11.3 Å². The average Bonchev–Trinajstić information content (AvgIpc) is 2.62. The Balaban J connectivity index is 2.48. The molecule has 1 aliphatic rings. The fourth-order valence-electron chi connectivity index (χ4n) is 1.33. The van der Waals surface area contributed by atoms with Gasteiger partial charge in [0.1, 0.15) is 0 Å². The van der Waals surface area contributed by atoms with E-state index in [0.29, 0.717) is 5.75 Å². The number of rotatable bonds is 1. The van der Waals surface area contributed by atoms with Gasteiger partial charge in [0.05, 0.1) is 12.0 Å². The monoisotopic (exact) mass is 253 g/mol. The summed E-state index contributed by atoms with van der Waals surface area (Å²) in [5.41, 5.74) is 0.928. The van der Waals surface area contributed by atoms with Crippen LogP contribution in [0.15, 0.2) is 16.6 Å². The van der Waals surface area contributed by atoms with Crippen LogP contribution in [0.1, 0.15) is 18.4 Å². The molecule has 0 aliphatic carbocycles. The van der Waals surface area contributed by atoms with Gasteiger partial charge in [-0.25, -0.2) is 0 Å². The van der Waals surface area contributed by atoms with E-state index in [4.69, 9.17) is 14.7 Å². The van der Waals surface area contributed by atoms with Crippen molar-refractivity contribution in [2.75, 3.05) is 6.79 Å². The Labute approximate surface area is 90.4 Å². The van der Waals surface area contributed by atoms with Crippen molar-refractivity contribution in [2.45, 2.75) is 12.8 Å². The van der Waals surface area contributed by atoms with Gasteiger partial charge in [0, 0.05) is 4.47 Å². The Morgan fingerprint density at radius 3 is 2.71 bits per heavy atom. The lowest BCUT2D eigenvalue weighted by atomic mass is 10.0. The summed E-state index contributed by atoms with van der Waals surface area (Å²) in [4.78, 5) is 0. The molecule has 0 bridgehead atoms. The molecule has 4 heteroatoms. The van der Waals surface area contributed by atoms with Gasteiger partial charge in [0.15, 0.2) is 11.5 Å². The third-order valence-electron chi connectivity index (χ3n) is 2.15. The van der Waals surface area contributed by atoms with Gasteiger partial charge in [0.2, 0.25) is 6.79 Å². The van der Waals surface area contributed by atoms with E-state index in [1.807, 2.05) is 19.1 Å². The maximum Gasteiger partial charge on any atom is 0.231 e. The Kier molecular flexibility index (Phi) is 2.34. The first-order valence-electron chi connectivity index (χ1n) is 4.21. The highest BCUT2D eigenvalue weighted by Gasteiger charge is 2.18. The van der Waals surface area contributed by atoms with Crippen LogP contribution in [0.25, 0.3) is 0 Å². The lowest BCUT2D eigenvalue weighted by Crippen LogP contribution is -1.93. The Morgan fingerprint density at radius 2 is 2.07 bits per heavy atom. The number of halogens is 1. The summed E-state index contributed by atoms with van der Waals surface area (Å²) in [5, 5.41) is 8.82. The molecular weight excluding hydrogens is 246 g/mol. The number of ether oxygens (including phenoxy) is 2. The second-order valence-electron chi connectivity index (χ2n) is 3.08. The molecule has 72 valence electrons. The SMILES string of the molecule is C[C@H](C#N)c1cc2c(cc1Br)OCO2. The van der Waals surface area contributed by atoms with Gasteiger partial charge < -0.3 is 9.47 Å². The van der Waals surface area contributed by atoms with Crippen molar-refractivity contribution in [2.24, 2.45) is 0 Å². The van der Waals surface area contributed by atoms with Crippen LogP contribution in [-0.4, -0.2) is 6.79 Å². The van der Waals surface area contributed by atoms with Crippen LogP contribution in [-0.2, 0) is 0 Å². The van der Waals surface area contributed by atoms with Gasteiger partial charge in [0.25, 0.3) is 0 Å². The topological polar surface area (TPSA) is 42.2 Å². The number of fused-ring (bicyclic) bond motifs is 1. The number of benzene rings is 1. The first-order valence-corrected chi connectivity index (χ1v) is 5.00. The lowest BCUT2D eigenvalue weighted by Gasteiger charge is -2.07. The minimum absolute atomic E-state index is 0.154. The predicted octanol–water partition coefficient (Wildman–Crippen LogP) is 2.80. The summed E-state index contributed by atoms with van der Waals surface area (Å²) in [7, 11) is 0. The third-order valence-corrected chi connectivity index (χ3v) is 2.84. The van der Waals surface area contributed by atoms with Gasteiger partial charge in [-0.3, -0.25) is 0 Å². The van der Waals surface area contributed by atoms with Crippen molar-refractivity contribution in [1.82, 2.24) is 0 Å². The molecular formula is C10H8BrNO2. The van der Waals surface area contributed by atoms with Gasteiger partial charge in [-0.05, 0) is 24.6 Å². The van der Waals surface area contributed by atoms with Crippen molar-refractivity contribution >= 4 is 15.9 Å². The predicted molar refractivity (Wildman–Crippen MR) is 54.3 cm³/mol. The highest BCUT2D eigenvalue weighted by molar-refractivity contribution is 9.10. The summed E-state index contributed by atoms with van der Waals surface area (Å²) in [6, 6.07) is 5.87. The second-order valence-corrected chi connectivity index (χ2v) is 3.93. The van der Waals surface area contributed by atoms with Crippen LogP contribution in [0.3, 0.4) is 0 Å². The van der Waals surface area contributed by atoms with E-state index >= 15 is 0 Å². The summed E-state index contributed by atoms with van der Waals surface area (Å²) < 4.78 is 11.3. The molecule has 0 radical (unpaired) electrons. The van der Waals surface area contributed by atoms with Gasteiger partial charge in [-0.15, -0.1) is 0 Å². The number of hydrogen-bond acceptors (Lipinski definition) is 3. The molecule has 0 unspecified atom stereocenters. The summed E-state index contributed by atoms with van der Waals surface area (Å²) in [5.74, 6) is 1.29. The molecule has 0 N–H and O–H groups in total. The zero-order valence-corrected chi connectivity index (χ0v) is 9.17. The van der Waals surface area contributed by atoms with Crippen LogP contribution < -0.4 is 9.47 Å². The standard InChI is InChI=1S/C10H8BrNO2/c1-6(4-12)7-2-9-10(3-8(7)11)14-5-13-9/h2-3,6H,5H2,1H3/t6-/m1/s1. The van der Waals surface area contributed by atoms with E-state index in [1.54, 1.807) is 0 Å². The molecule has 1 atom stereocenters. The molecule has 1 aliphatic heterocycles. The molecule has 1 aromatic rings. The number of nitrogens with zero attached hydrogens (tertiary/aromatic N) is 1. The van der Waals surface area contributed by atoms with E-state index in [2.05, 4.69) is 22.0 Å². The van der Waals surface area contributed by atoms with Gasteiger partial charge >= 0.3 is 0 Å². The van der Waals surface area contributed by atoms with Gasteiger partial charge in [-0.1, -0.05) is 15.9 Å². The molecule has 0 aromatic heterocycles. The van der Waals surface area contributed by atoms with Crippen molar-refractivity contribution in [3.63, 3.8) is 0 Å². The molecule has 2 rings (SSSR count). The highest BCUT2D eigenvalue weighted by atomic mass is 79.9. The number of nitriles is 1. The molecule has 0 fully saturated rings. The minimum atomic E-state index is -0.154. The average molecular weight is 254 g/mol. The van der Waals surface area contributed by atoms with Crippen LogP contribution in [0.4, 0.5) is 0 Å². The fourth-order valence-corrected chi connectivity index (χ4v) is 2.00. The molecule has 0 amide bonds. The van der Waals surface area contributed by atoms with Gasteiger partial charge in [-0.2, -0.15) is 5.26 Å². The summed E-state index contributed by atoms with van der Waals surface area (Å²) in [6.07, 6.45) is 0. The third kappa shape index (κ3) is 1.44. The summed E-state index contributed by atoms with van der Waals surface area (Å²) in [6.45, 7) is 2.11. The Hall–Kier alpha value is -1.21. The van der Waals surface area contributed by atoms with Crippen LogP contribution in [0.5, 0.6) is 11.5 Å². The Bertz CT molecular complexity index is 411. The largest absolute Gasteiger partial charge is 0.454 e. The molecule has 0 saturated carbocycles. The smallest absolute Gasteiger partial charge is 0.231 e. The zero-order valence-electron chi connectivity index (χ0n) is 7.58. The fraction of sp³-hybridized carbons (Fsp3) is 0.300. The second kappa shape index (κ2) is 3.50. The van der Waals surface area contributed by atoms with E-state index in [-0.39, 0.29) is 12.7 Å². The van der Waals surface area contributed by atoms with E-state index in [9.17, 15) is 0 Å². The highest BCUT2D eigenvalue weighted by Crippen LogP contribution is 2.39. The molecule has 0 spiro atoms. The minimum Gasteiger partial charge on any atom is -0.454 e. The van der Waals surface area contributed by atoms with Crippen molar-refractivity contribution in [3.05, 3.63) is 22.2 Å². The molecule has 3 nitrogen and oxygen atoms in total. The first-order chi connectivity index (χ1) is 6.72. The molecule has 1 heterocycles. The molecule has 14 heavy (non-hydrogen) atoms. The van der Waals surface area contributed by atoms with Crippen LogP contribution >= 0.6 is 15.9 Å². The Morgan fingerprint density at radius 1 is 1.43 bits per heavy atom. The van der Waals surface area contributed by atoms with E-state index in [1.165, 1.54) is 0 Å². The first kappa shape index (κ1) is 9.35. The van der Waals surface area contributed by atoms with Crippen molar-refractivity contribution < 1.29 is 9.47 Å². The summed E-state index contributed by atoms with van der Waals surface area (Å²) >= 11 is 3.40. The van der Waals surface area contributed by atoms with Crippen LogP contribution in [0.2, 0.25) is 0 Å². The zero-order chi connectivity index (χ0) is 10.1. The maximum atomic E-state index is 8.82. The van der Waals surface area contributed by atoms with Crippen molar-refractivity contribution in [3.8, 4) is 17.6 Å².